The molecule has 0 spiro atoms. The van der Waals surface area contributed by atoms with Gasteiger partial charge < -0.3 is 9.47 Å². The molecule has 1 unspecified atom stereocenters. The van der Waals surface area contributed by atoms with Crippen molar-refractivity contribution in [3.63, 3.8) is 0 Å². The second-order valence-electron chi connectivity index (χ2n) is 3.56. The average Bonchev–Trinajstić information content (AvgIpc) is 2.03. The number of hydrogen-bond donors (Lipinski definition) is 0. The third-order valence-electron chi connectivity index (χ3n) is 1.85. The molecule has 0 aromatic heterocycles. The van der Waals surface area contributed by atoms with E-state index in [0.29, 0.717) is 13.0 Å². The lowest BCUT2D eigenvalue weighted by Crippen LogP contribution is -2.31. The van der Waals surface area contributed by atoms with Crippen LogP contribution in [0.5, 0.6) is 0 Å². The van der Waals surface area contributed by atoms with Gasteiger partial charge in [-0.05, 0) is 20.8 Å². The van der Waals surface area contributed by atoms with E-state index in [1.807, 2.05) is 26.8 Å². The van der Waals surface area contributed by atoms with Crippen LogP contribution in [0.1, 0.15) is 27.2 Å². The van der Waals surface area contributed by atoms with Crippen molar-refractivity contribution in [1.29, 1.82) is 0 Å². The number of ether oxygens (including phenoxy) is 2. The zero-order valence-electron chi connectivity index (χ0n) is 8.37. The van der Waals surface area contributed by atoms with Crippen LogP contribution in [0.4, 0.5) is 0 Å². The van der Waals surface area contributed by atoms with Gasteiger partial charge in [0.25, 0.3) is 0 Å². The van der Waals surface area contributed by atoms with Crippen molar-refractivity contribution in [3.8, 4) is 0 Å². The third-order valence-corrected chi connectivity index (χ3v) is 1.85. The fourth-order valence-corrected chi connectivity index (χ4v) is 1.20. The van der Waals surface area contributed by atoms with Crippen LogP contribution >= 0.6 is 0 Å². The monoisotopic (exact) mass is 184 g/mol. The molecule has 3 heteroatoms. The highest BCUT2D eigenvalue weighted by molar-refractivity contribution is 5.75. The van der Waals surface area contributed by atoms with Crippen LogP contribution in [0.3, 0.4) is 0 Å². The van der Waals surface area contributed by atoms with Crippen molar-refractivity contribution < 1.29 is 14.3 Å². The van der Waals surface area contributed by atoms with Gasteiger partial charge in [-0.15, -0.1) is 0 Å². The molecular formula is C10H16O3. The maximum atomic E-state index is 11.4. The summed E-state index contributed by atoms with van der Waals surface area (Å²) in [5.74, 6) is -0.248. The van der Waals surface area contributed by atoms with Crippen LogP contribution in [0.15, 0.2) is 11.6 Å². The number of esters is 1. The van der Waals surface area contributed by atoms with Gasteiger partial charge in [-0.2, -0.15) is 0 Å². The first kappa shape index (κ1) is 10.3. The first-order chi connectivity index (χ1) is 6.09. The lowest BCUT2D eigenvalue weighted by Gasteiger charge is -2.21. The van der Waals surface area contributed by atoms with Crippen LogP contribution in [-0.2, 0) is 14.3 Å². The van der Waals surface area contributed by atoms with Crippen molar-refractivity contribution in [2.75, 3.05) is 6.61 Å². The smallest absolute Gasteiger partial charge is 0.335 e. The lowest BCUT2D eigenvalue weighted by molar-refractivity contribution is -0.160. The molecule has 0 radical (unpaired) electrons. The van der Waals surface area contributed by atoms with E-state index in [4.69, 9.17) is 9.47 Å². The molecule has 1 aliphatic rings. The molecule has 0 aromatic rings. The minimum atomic E-state index is -0.396. The van der Waals surface area contributed by atoms with Crippen LogP contribution in [0.2, 0.25) is 0 Å². The van der Waals surface area contributed by atoms with Gasteiger partial charge in [0.05, 0.1) is 12.7 Å². The van der Waals surface area contributed by atoms with Gasteiger partial charge >= 0.3 is 5.97 Å². The van der Waals surface area contributed by atoms with Gasteiger partial charge in [-0.1, -0.05) is 11.6 Å². The fraction of sp³-hybridized carbons (Fsp3) is 0.700. The Morgan fingerprint density at radius 3 is 2.92 bits per heavy atom. The van der Waals surface area contributed by atoms with Gasteiger partial charge in [0.15, 0.2) is 6.10 Å². The summed E-state index contributed by atoms with van der Waals surface area (Å²) in [6.07, 6.45) is 2.18. The molecule has 3 nitrogen and oxygen atoms in total. The van der Waals surface area contributed by atoms with Crippen molar-refractivity contribution in [3.05, 3.63) is 11.6 Å². The molecule has 1 heterocycles. The van der Waals surface area contributed by atoms with E-state index in [-0.39, 0.29) is 12.1 Å². The van der Waals surface area contributed by atoms with Crippen LogP contribution < -0.4 is 0 Å². The minimum absolute atomic E-state index is 0.0673. The first-order valence-corrected chi connectivity index (χ1v) is 4.57. The van der Waals surface area contributed by atoms with Gasteiger partial charge in [-0.3, -0.25) is 0 Å². The maximum Gasteiger partial charge on any atom is 0.335 e. The van der Waals surface area contributed by atoms with E-state index >= 15 is 0 Å². The molecule has 0 bridgehead atoms. The highest BCUT2D eigenvalue weighted by Gasteiger charge is 2.23. The number of rotatable bonds is 2. The quantitative estimate of drug-likeness (QED) is 0.483. The van der Waals surface area contributed by atoms with Crippen LogP contribution in [0, 0.1) is 0 Å². The first-order valence-electron chi connectivity index (χ1n) is 4.57. The highest BCUT2D eigenvalue weighted by atomic mass is 16.6. The summed E-state index contributed by atoms with van der Waals surface area (Å²) >= 11 is 0. The molecule has 0 fully saturated rings. The summed E-state index contributed by atoms with van der Waals surface area (Å²) in [4.78, 5) is 11.4. The van der Waals surface area contributed by atoms with Crippen LogP contribution in [0.25, 0.3) is 0 Å². The Balaban J connectivity index is 2.44. The van der Waals surface area contributed by atoms with E-state index in [2.05, 4.69) is 0 Å². The molecule has 0 amide bonds. The van der Waals surface area contributed by atoms with Crippen molar-refractivity contribution in [2.24, 2.45) is 0 Å². The Labute approximate surface area is 78.7 Å². The average molecular weight is 184 g/mol. The fourth-order valence-electron chi connectivity index (χ4n) is 1.20. The molecule has 0 saturated carbocycles. The second-order valence-corrected chi connectivity index (χ2v) is 3.56. The van der Waals surface area contributed by atoms with E-state index in [0.717, 1.165) is 0 Å². The summed E-state index contributed by atoms with van der Waals surface area (Å²) in [6.45, 7) is 6.19. The van der Waals surface area contributed by atoms with Gasteiger partial charge in [0.2, 0.25) is 0 Å². The number of hydrogen-bond acceptors (Lipinski definition) is 3. The minimum Gasteiger partial charge on any atom is -0.461 e. The Kier molecular flexibility index (Phi) is 3.48. The molecule has 1 aliphatic heterocycles. The highest BCUT2D eigenvalue weighted by Crippen LogP contribution is 2.15. The van der Waals surface area contributed by atoms with Gasteiger partial charge in [0, 0.05) is 6.42 Å². The van der Waals surface area contributed by atoms with E-state index in [1.165, 1.54) is 5.57 Å². The summed E-state index contributed by atoms with van der Waals surface area (Å²) in [7, 11) is 0. The van der Waals surface area contributed by atoms with E-state index < -0.39 is 6.10 Å². The van der Waals surface area contributed by atoms with Crippen molar-refractivity contribution in [1.82, 2.24) is 0 Å². The van der Waals surface area contributed by atoms with E-state index in [1.54, 1.807) is 0 Å². The van der Waals surface area contributed by atoms with Gasteiger partial charge in [0.1, 0.15) is 0 Å². The molecule has 0 aliphatic carbocycles. The number of carbonyl (C=O) groups is 1. The molecule has 74 valence electrons. The third kappa shape index (κ3) is 3.19. The normalized spacial score (nSPS) is 22.8. The standard InChI is InChI=1S/C10H16O3/c1-7(2)13-10(11)9-6-8(3)4-5-12-9/h4,7,9H,5-6H2,1-3H3. The topological polar surface area (TPSA) is 35.5 Å². The van der Waals surface area contributed by atoms with Gasteiger partial charge in [-0.25, -0.2) is 4.79 Å². The molecule has 1 atom stereocenters. The largest absolute Gasteiger partial charge is 0.461 e. The Bertz CT molecular complexity index is 218. The molecule has 1 rings (SSSR count). The predicted molar refractivity (Wildman–Crippen MR) is 49.3 cm³/mol. The molecule has 0 N–H and O–H groups in total. The molecule has 13 heavy (non-hydrogen) atoms. The molecular weight excluding hydrogens is 168 g/mol. The molecule has 0 saturated heterocycles. The Morgan fingerprint density at radius 2 is 2.38 bits per heavy atom. The Morgan fingerprint density at radius 1 is 1.69 bits per heavy atom. The predicted octanol–water partition coefficient (Wildman–Crippen LogP) is 1.67. The number of carbonyl (C=O) groups excluding carboxylic acids is 1. The maximum absolute atomic E-state index is 11.4. The molecule has 0 aromatic carbocycles. The summed E-state index contributed by atoms with van der Waals surface area (Å²) in [5.41, 5.74) is 1.19. The lowest BCUT2D eigenvalue weighted by atomic mass is 10.1. The van der Waals surface area contributed by atoms with Crippen molar-refractivity contribution >= 4 is 5.97 Å². The zero-order chi connectivity index (χ0) is 9.84. The SMILES string of the molecule is CC1=CCOC(C(=O)OC(C)C)C1. The second kappa shape index (κ2) is 4.42. The summed E-state index contributed by atoms with van der Waals surface area (Å²) in [5, 5.41) is 0. The summed E-state index contributed by atoms with van der Waals surface area (Å²) < 4.78 is 10.3. The zero-order valence-corrected chi connectivity index (χ0v) is 8.37. The van der Waals surface area contributed by atoms with Crippen molar-refractivity contribution in [2.45, 2.75) is 39.4 Å². The Hall–Kier alpha value is -0.830. The van der Waals surface area contributed by atoms with E-state index in [9.17, 15) is 4.79 Å². The summed E-state index contributed by atoms with van der Waals surface area (Å²) in [6, 6.07) is 0. The van der Waals surface area contributed by atoms with Crippen LogP contribution in [-0.4, -0.2) is 24.8 Å².